The highest BCUT2D eigenvalue weighted by atomic mass is 35.5. The van der Waals surface area contributed by atoms with E-state index in [1.807, 2.05) is 0 Å². The number of carbonyl (C=O) groups excluding carboxylic acids is 2. The quantitative estimate of drug-likeness (QED) is 0.0149. The second kappa shape index (κ2) is 32.3. The van der Waals surface area contributed by atoms with Crippen LogP contribution in [0.2, 0.25) is 30.1 Å². The van der Waals surface area contributed by atoms with Gasteiger partial charge in [-0.25, -0.2) is 13.6 Å². The lowest BCUT2D eigenvalue weighted by Crippen LogP contribution is -2.40. The van der Waals surface area contributed by atoms with E-state index in [0.717, 1.165) is 0 Å². The van der Waals surface area contributed by atoms with Crippen LogP contribution in [0.1, 0.15) is 75.9 Å². The third-order valence-corrected chi connectivity index (χ3v) is 16.0. The molecule has 2 aromatic heterocycles. The molecule has 5 atom stereocenters. The van der Waals surface area contributed by atoms with Gasteiger partial charge in [-0.1, -0.05) is 141 Å². The van der Waals surface area contributed by atoms with Crippen molar-refractivity contribution < 1.29 is 61.0 Å². The van der Waals surface area contributed by atoms with Crippen molar-refractivity contribution in [2.45, 2.75) is 87.7 Å². The predicted octanol–water partition coefficient (Wildman–Crippen LogP) is 16.1. The summed E-state index contributed by atoms with van der Waals surface area (Å²) < 4.78 is 71.7. The number of esters is 2. The summed E-state index contributed by atoms with van der Waals surface area (Å²) in [5, 5.41) is 14.1. The monoisotopic (exact) mass is 1340 g/mol. The molecule has 13 nitrogen and oxygen atoms in total. The average Bonchev–Trinajstić information content (AvgIpc) is 4.35. The van der Waals surface area contributed by atoms with Gasteiger partial charge in [-0.15, -0.1) is 13.2 Å². The summed E-state index contributed by atoms with van der Waals surface area (Å²) in [6, 6.07) is 31.7. The molecule has 87 heavy (non-hydrogen) atoms. The second-order valence-electron chi connectivity index (χ2n) is 19.7. The van der Waals surface area contributed by atoms with E-state index >= 15 is 0 Å². The van der Waals surface area contributed by atoms with Crippen LogP contribution in [-0.2, 0) is 58.2 Å². The van der Waals surface area contributed by atoms with E-state index in [1.165, 1.54) is 39.5 Å². The summed E-state index contributed by atoms with van der Waals surface area (Å²) in [5.74, 6) is -2.21. The van der Waals surface area contributed by atoms with Gasteiger partial charge in [0.05, 0.1) is 45.9 Å². The van der Waals surface area contributed by atoms with Crippen LogP contribution in [0.5, 0.6) is 23.5 Å². The Morgan fingerprint density at radius 2 is 0.966 bits per heavy atom. The Hall–Kier alpha value is -6.18. The molecular weight excluding hydrogens is 1290 g/mol. The molecule has 0 amide bonds. The summed E-state index contributed by atoms with van der Waals surface area (Å²) >= 11 is 52.9. The van der Waals surface area contributed by atoms with Crippen molar-refractivity contribution in [2.24, 2.45) is 0 Å². The Labute approximate surface area is 542 Å². The van der Waals surface area contributed by atoms with Gasteiger partial charge in [0, 0.05) is 54.1 Å². The van der Waals surface area contributed by atoms with E-state index in [-0.39, 0.29) is 51.5 Å². The van der Waals surface area contributed by atoms with Gasteiger partial charge in [0.15, 0.2) is 6.10 Å². The SMILES string of the molecule is C=CCc1cc(F)ccc1OCCC[n+]1ccn(C(Cl)C(OCc2ccc(Cl)cc2Cl)c2ccc(Cl)cc2)c1OC(=O)CC(O)C(=O)Oc1n(C(Cl)C(OCc2ccc(Cl)cc2Cl)c2ccc(Cl)cc2)cc[n+]1CCCOc1ccc(F)cc1CC=C. The van der Waals surface area contributed by atoms with Crippen LogP contribution in [0.4, 0.5) is 8.78 Å². The largest absolute Gasteiger partial charge is 0.493 e. The van der Waals surface area contributed by atoms with Crippen molar-refractivity contribution in [2.75, 3.05) is 13.2 Å². The van der Waals surface area contributed by atoms with E-state index in [4.69, 9.17) is 121 Å². The molecule has 0 saturated heterocycles. The van der Waals surface area contributed by atoms with Gasteiger partial charge in [0.25, 0.3) is 0 Å². The molecular formula is C64H58Cl8F2N4O9+2. The fourth-order valence-corrected chi connectivity index (χ4v) is 11.0. The van der Waals surface area contributed by atoms with Gasteiger partial charge >= 0.3 is 24.0 Å². The number of rotatable bonds is 31. The van der Waals surface area contributed by atoms with Crippen molar-refractivity contribution in [3.63, 3.8) is 0 Å². The molecule has 0 saturated carbocycles. The maximum Gasteiger partial charge on any atom is 0.465 e. The van der Waals surface area contributed by atoms with Crippen molar-refractivity contribution in [3.8, 4) is 23.5 Å². The summed E-state index contributed by atoms with van der Waals surface area (Å²) in [4.78, 5) is 28.5. The Morgan fingerprint density at radius 1 is 0.552 bits per heavy atom. The molecule has 8 rings (SSSR count). The van der Waals surface area contributed by atoms with Crippen LogP contribution in [0.3, 0.4) is 0 Å². The number of aromatic nitrogens is 4. The second-order valence-corrected chi connectivity index (χ2v) is 23.1. The zero-order valence-electron chi connectivity index (χ0n) is 46.4. The smallest absolute Gasteiger partial charge is 0.465 e. The van der Waals surface area contributed by atoms with Crippen molar-refractivity contribution in [3.05, 3.63) is 247 Å². The van der Waals surface area contributed by atoms with E-state index in [0.29, 0.717) is 101 Å². The van der Waals surface area contributed by atoms with Crippen molar-refractivity contribution >= 4 is 105 Å². The number of imidazole rings is 2. The number of carbonyl (C=O) groups is 2. The first-order chi connectivity index (χ1) is 41.9. The van der Waals surface area contributed by atoms with Crippen molar-refractivity contribution in [1.29, 1.82) is 0 Å². The minimum absolute atomic E-state index is 0.0204. The molecule has 0 aliphatic rings. The molecule has 0 aliphatic carbocycles. The number of aliphatic hydroxyl groups is 1. The Balaban J connectivity index is 1.06. The standard InChI is InChI=1S/C64H58Cl8F2N4O9/c1-3-7-42-33-50(73)21-23-55(42)82-31-5-25-75-27-29-77(60(71)58(40-9-15-46(65)16-10-40)84-38-44-13-19-48(67)35-52(44)69)63(75)86-57(80)37-54(79)62(81)87-64-76(26-6-32-83-56-24-22-51(74)34-43(56)8-4-2)28-30-78(64)61(72)59(41-11-17-47(66)18-12-41)85-39-45-14-20-49(68)36-53(45)70/h3-4,9-24,27-30,33-36,54,58-61,79H,1-2,5-8,25-26,31-32,37-39H2/q+2. The molecule has 2 heterocycles. The zero-order valence-corrected chi connectivity index (χ0v) is 52.4. The third kappa shape index (κ3) is 18.5. The number of halogens is 10. The van der Waals surface area contributed by atoms with E-state index < -0.39 is 59.3 Å². The maximum absolute atomic E-state index is 14.3. The van der Waals surface area contributed by atoms with Gasteiger partial charge in [0.2, 0.25) is 11.0 Å². The highest BCUT2D eigenvalue weighted by Crippen LogP contribution is 2.40. The average molecular weight is 1350 g/mol. The molecule has 456 valence electrons. The number of aliphatic hydroxyl groups excluding tert-OH is 1. The maximum atomic E-state index is 14.3. The summed E-state index contributed by atoms with van der Waals surface area (Å²) in [5.41, 5.74) is 1.31. The van der Waals surface area contributed by atoms with Crippen molar-refractivity contribution in [1.82, 2.24) is 9.13 Å². The van der Waals surface area contributed by atoms with Crippen LogP contribution in [0, 0.1) is 11.6 Å². The summed E-state index contributed by atoms with van der Waals surface area (Å²) in [7, 11) is 0. The Kier molecular flexibility index (Phi) is 24.8. The molecule has 6 aromatic carbocycles. The number of ether oxygens (including phenoxy) is 6. The number of alkyl halides is 2. The van der Waals surface area contributed by atoms with Crippen LogP contribution >= 0.6 is 92.8 Å². The molecule has 0 spiro atoms. The van der Waals surface area contributed by atoms with E-state index in [1.54, 1.807) is 137 Å². The number of benzene rings is 6. The lowest BCUT2D eigenvalue weighted by atomic mass is 10.1. The molecule has 23 heteroatoms. The lowest BCUT2D eigenvalue weighted by Gasteiger charge is -2.22. The third-order valence-electron chi connectivity index (χ3n) is 13.4. The minimum Gasteiger partial charge on any atom is -0.493 e. The first kappa shape index (κ1) is 66.8. The number of hydrogen-bond acceptors (Lipinski definition) is 9. The first-order valence-electron chi connectivity index (χ1n) is 27.1. The normalized spacial score (nSPS) is 13.1. The van der Waals surface area contributed by atoms with Gasteiger partial charge in [0.1, 0.15) is 60.1 Å². The molecule has 5 unspecified atom stereocenters. The number of allylic oxidation sites excluding steroid dienone is 2. The van der Waals surface area contributed by atoms with E-state index in [2.05, 4.69) is 13.2 Å². The zero-order chi connectivity index (χ0) is 62.1. The molecule has 0 fully saturated rings. The fraction of sp³-hybridized carbons (Fsp3) is 0.250. The van der Waals surface area contributed by atoms with Crippen LogP contribution in [-0.4, -0.2) is 45.5 Å². The Bertz CT molecular complexity index is 3670. The lowest BCUT2D eigenvalue weighted by molar-refractivity contribution is -0.700. The van der Waals surface area contributed by atoms with Crippen LogP contribution in [0.15, 0.2) is 171 Å². The van der Waals surface area contributed by atoms with Gasteiger partial charge < -0.3 is 33.5 Å². The molecule has 8 aromatic rings. The first-order valence-corrected chi connectivity index (χ1v) is 30.3. The number of nitrogens with zero attached hydrogens (tertiary/aromatic N) is 4. The summed E-state index contributed by atoms with van der Waals surface area (Å²) in [6.07, 6.45) is 6.15. The van der Waals surface area contributed by atoms with Crippen LogP contribution in [0.25, 0.3) is 0 Å². The number of hydrogen-bond donors (Lipinski definition) is 1. The van der Waals surface area contributed by atoms with E-state index in [9.17, 15) is 23.5 Å². The number of aryl methyl sites for hydroxylation is 2. The van der Waals surface area contributed by atoms with Crippen LogP contribution < -0.4 is 28.1 Å². The van der Waals surface area contributed by atoms with Gasteiger partial charge in [-0.2, -0.15) is 18.3 Å². The fourth-order valence-electron chi connectivity index (χ4n) is 9.08. The molecule has 0 radical (unpaired) electrons. The highest BCUT2D eigenvalue weighted by molar-refractivity contribution is 6.35. The minimum atomic E-state index is -2.12. The molecule has 0 aliphatic heterocycles. The molecule has 0 bridgehead atoms. The Morgan fingerprint density at radius 3 is 1.38 bits per heavy atom. The highest BCUT2D eigenvalue weighted by Gasteiger charge is 2.38. The summed E-state index contributed by atoms with van der Waals surface area (Å²) in [6.45, 7) is 8.13. The molecule has 1 N–H and O–H groups in total. The van der Waals surface area contributed by atoms with Gasteiger partial charge in [-0.3, -0.25) is 4.79 Å². The topological polar surface area (TPSA) is 127 Å². The van der Waals surface area contributed by atoms with Gasteiger partial charge in [-0.05, 0) is 120 Å². The predicted molar refractivity (Wildman–Crippen MR) is 333 cm³/mol.